The van der Waals surface area contributed by atoms with Crippen LogP contribution in [0.4, 0.5) is 0 Å². The minimum absolute atomic E-state index is 0.0213. The van der Waals surface area contributed by atoms with Crippen LogP contribution in [-0.2, 0) is 4.79 Å². The smallest absolute Gasteiger partial charge is 0.238 e. The van der Waals surface area contributed by atoms with Crippen molar-refractivity contribution in [2.24, 2.45) is 0 Å². The molecule has 0 aromatic heterocycles. The van der Waals surface area contributed by atoms with Crippen LogP contribution in [0.3, 0.4) is 0 Å². The van der Waals surface area contributed by atoms with Gasteiger partial charge in [-0.1, -0.05) is 0 Å². The van der Waals surface area contributed by atoms with Gasteiger partial charge in [0.15, 0.2) is 0 Å². The number of rotatable bonds is 6. The normalized spacial score (nSPS) is 22.0. The van der Waals surface area contributed by atoms with Crippen LogP contribution in [0, 0.1) is 0 Å². The summed E-state index contributed by atoms with van der Waals surface area (Å²) in [7, 11) is 1.71. The lowest BCUT2D eigenvalue weighted by molar-refractivity contribution is -0.126. The molecule has 0 aromatic rings. The topological polar surface area (TPSA) is 44.4 Å². The van der Waals surface area contributed by atoms with Gasteiger partial charge < -0.3 is 10.6 Å². The predicted octanol–water partition coefficient (Wildman–Crippen LogP) is 0.149. The van der Waals surface area contributed by atoms with E-state index in [1.807, 2.05) is 11.8 Å². The Labute approximate surface area is 103 Å². The van der Waals surface area contributed by atoms with Crippen molar-refractivity contribution in [2.75, 3.05) is 45.2 Å². The highest BCUT2D eigenvalue weighted by Crippen LogP contribution is 2.07. The highest BCUT2D eigenvalue weighted by molar-refractivity contribution is 7.98. The maximum Gasteiger partial charge on any atom is 0.238 e. The molecule has 1 unspecified atom stereocenters. The van der Waals surface area contributed by atoms with Crippen molar-refractivity contribution in [3.63, 3.8) is 0 Å². The fraction of sp³-hybridized carbons (Fsp3) is 0.909. The van der Waals surface area contributed by atoms with Gasteiger partial charge in [0, 0.05) is 26.7 Å². The monoisotopic (exact) mass is 245 g/mol. The minimum Gasteiger partial charge on any atom is -0.358 e. The van der Waals surface area contributed by atoms with Gasteiger partial charge in [0.25, 0.3) is 0 Å². The molecular formula is C11H23N3OS. The van der Waals surface area contributed by atoms with Crippen LogP contribution in [0.15, 0.2) is 0 Å². The van der Waals surface area contributed by atoms with Crippen LogP contribution < -0.4 is 10.6 Å². The van der Waals surface area contributed by atoms with Gasteiger partial charge in [-0.25, -0.2) is 0 Å². The largest absolute Gasteiger partial charge is 0.358 e. The van der Waals surface area contributed by atoms with Crippen LogP contribution in [-0.4, -0.2) is 62.1 Å². The lowest BCUT2D eigenvalue weighted by Gasteiger charge is -2.34. The first-order chi connectivity index (χ1) is 7.79. The summed E-state index contributed by atoms with van der Waals surface area (Å²) in [6, 6.07) is 0.0213. The molecule has 1 rings (SSSR count). The number of hydrogen-bond acceptors (Lipinski definition) is 4. The Hall–Kier alpha value is -0.260. The Balaban J connectivity index is 2.32. The Morgan fingerprint density at radius 3 is 3.06 bits per heavy atom. The zero-order valence-corrected chi connectivity index (χ0v) is 11.1. The van der Waals surface area contributed by atoms with Crippen LogP contribution in [0.1, 0.15) is 12.8 Å². The van der Waals surface area contributed by atoms with E-state index < -0.39 is 0 Å². The summed E-state index contributed by atoms with van der Waals surface area (Å²) in [5.41, 5.74) is 0. The summed E-state index contributed by atoms with van der Waals surface area (Å²) in [5.74, 6) is 1.36. The van der Waals surface area contributed by atoms with E-state index in [1.165, 1.54) is 18.6 Å². The third-order valence-electron chi connectivity index (χ3n) is 2.95. The van der Waals surface area contributed by atoms with E-state index in [-0.39, 0.29) is 11.9 Å². The number of nitrogens with one attached hydrogen (secondary N) is 2. The Morgan fingerprint density at radius 2 is 2.38 bits per heavy atom. The molecule has 1 amide bonds. The van der Waals surface area contributed by atoms with E-state index in [0.717, 1.165) is 26.2 Å². The first-order valence-electron chi connectivity index (χ1n) is 5.95. The lowest BCUT2D eigenvalue weighted by Crippen LogP contribution is -2.57. The molecule has 1 fully saturated rings. The van der Waals surface area contributed by atoms with Crippen molar-refractivity contribution in [1.82, 2.24) is 15.5 Å². The van der Waals surface area contributed by atoms with E-state index in [9.17, 15) is 4.79 Å². The molecule has 1 saturated heterocycles. The van der Waals surface area contributed by atoms with E-state index in [2.05, 4.69) is 21.8 Å². The van der Waals surface area contributed by atoms with Gasteiger partial charge in [0.2, 0.25) is 5.91 Å². The number of carbonyl (C=O) groups is 1. The summed E-state index contributed by atoms with van der Waals surface area (Å²) in [6.45, 7) is 3.80. The van der Waals surface area contributed by atoms with Crippen molar-refractivity contribution >= 4 is 17.7 Å². The highest BCUT2D eigenvalue weighted by atomic mass is 32.2. The number of amides is 1. The van der Waals surface area contributed by atoms with Crippen LogP contribution in [0.25, 0.3) is 0 Å². The number of hydrogen-bond donors (Lipinski definition) is 2. The Bertz CT molecular complexity index is 213. The molecule has 0 spiro atoms. The first-order valence-corrected chi connectivity index (χ1v) is 7.34. The average molecular weight is 245 g/mol. The molecule has 0 saturated carbocycles. The molecule has 0 aliphatic carbocycles. The van der Waals surface area contributed by atoms with Gasteiger partial charge in [0.1, 0.15) is 6.04 Å². The van der Waals surface area contributed by atoms with E-state index >= 15 is 0 Å². The van der Waals surface area contributed by atoms with Gasteiger partial charge >= 0.3 is 0 Å². The summed E-state index contributed by atoms with van der Waals surface area (Å²) >= 11 is 1.89. The highest BCUT2D eigenvalue weighted by Gasteiger charge is 2.26. The molecule has 0 radical (unpaired) electrons. The summed E-state index contributed by atoms with van der Waals surface area (Å²) in [4.78, 5) is 14.0. The zero-order chi connectivity index (χ0) is 11.8. The third kappa shape index (κ3) is 4.31. The fourth-order valence-corrected chi connectivity index (χ4v) is 2.49. The van der Waals surface area contributed by atoms with Gasteiger partial charge in [-0.15, -0.1) is 0 Å². The second kappa shape index (κ2) is 7.92. The molecular weight excluding hydrogens is 222 g/mol. The number of thioether (sulfide) groups is 1. The predicted molar refractivity (Wildman–Crippen MR) is 69.9 cm³/mol. The van der Waals surface area contributed by atoms with E-state index in [0.29, 0.717) is 0 Å². The molecule has 1 heterocycles. The Kier molecular flexibility index (Phi) is 6.84. The van der Waals surface area contributed by atoms with Crippen molar-refractivity contribution in [3.05, 3.63) is 0 Å². The third-order valence-corrected chi connectivity index (χ3v) is 3.64. The second-order valence-electron chi connectivity index (χ2n) is 4.07. The quantitative estimate of drug-likeness (QED) is 0.654. The molecule has 0 bridgehead atoms. The Morgan fingerprint density at radius 1 is 1.56 bits per heavy atom. The van der Waals surface area contributed by atoms with Crippen LogP contribution in [0.2, 0.25) is 0 Å². The molecule has 4 nitrogen and oxygen atoms in total. The minimum atomic E-state index is 0.0213. The number of likely N-dealkylation sites (N-methyl/N-ethyl adjacent to an activating group) is 1. The molecule has 2 N–H and O–H groups in total. The molecule has 1 aliphatic heterocycles. The van der Waals surface area contributed by atoms with Gasteiger partial charge in [-0.05, 0) is 31.4 Å². The van der Waals surface area contributed by atoms with Crippen molar-refractivity contribution < 1.29 is 4.79 Å². The van der Waals surface area contributed by atoms with Crippen molar-refractivity contribution in [2.45, 2.75) is 18.9 Å². The molecule has 1 atom stereocenters. The number of nitrogens with zero attached hydrogens (tertiary/aromatic N) is 1. The molecule has 94 valence electrons. The maximum atomic E-state index is 11.7. The van der Waals surface area contributed by atoms with E-state index in [1.54, 1.807) is 7.05 Å². The summed E-state index contributed by atoms with van der Waals surface area (Å²) < 4.78 is 0. The average Bonchev–Trinajstić information content (AvgIpc) is 2.34. The van der Waals surface area contributed by atoms with Crippen molar-refractivity contribution in [3.8, 4) is 0 Å². The first kappa shape index (κ1) is 13.8. The molecule has 1 aliphatic rings. The number of carbonyl (C=O) groups excluding carboxylic acids is 1. The lowest BCUT2D eigenvalue weighted by atomic mass is 10.1. The van der Waals surface area contributed by atoms with Crippen LogP contribution in [0.5, 0.6) is 0 Å². The van der Waals surface area contributed by atoms with Gasteiger partial charge in [0.05, 0.1) is 0 Å². The van der Waals surface area contributed by atoms with Crippen molar-refractivity contribution in [1.29, 1.82) is 0 Å². The standard InChI is InChI=1S/C11H23N3OS/c1-12-11(15)10-9-13-5-7-14(10)6-3-4-8-16-2/h10,13H,3-9H2,1-2H3,(H,12,15). The number of piperazine rings is 1. The summed E-state index contributed by atoms with van der Waals surface area (Å²) in [5, 5.41) is 6.02. The van der Waals surface area contributed by atoms with E-state index in [4.69, 9.17) is 0 Å². The molecule has 5 heteroatoms. The summed E-state index contributed by atoms with van der Waals surface area (Å²) in [6.07, 6.45) is 4.57. The SMILES string of the molecule is CNC(=O)C1CNCCN1CCCCSC. The molecule has 0 aromatic carbocycles. The fourth-order valence-electron chi connectivity index (χ4n) is 2.00. The second-order valence-corrected chi connectivity index (χ2v) is 5.06. The van der Waals surface area contributed by atoms with Gasteiger partial charge in [-0.2, -0.15) is 11.8 Å². The van der Waals surface area contributed by atoms with Gasteiger partial charge in [-0.3, -0.25) is 9.69 Å². The maximum absolute atomic E-state index is 11.7. The number of unbranched alkanes of at least 4 members (excludes halogenated alkanes) is 1. The van der Waals surface area contributed by atoms with Crippen LogP contribution >= 0.6 is 11.8 Å². The molecule has 16 heavy (non-hydrogen) atoms. The zero-order valence-electron chi connectivity index (χ0n) is 10.3.